The molecule has 0 spiro atoms. The smallest absolute Gasteiger partial charge is 0.263 e. The van der Waals surface area contributed by atoms with Crippen molar-refractivity contribution in [1.29, 1.82) is 0 Å². The Morgan fingerprint density at radius 2 is 1.71 bits per heavy atom. The average Bonchev–Trinajstić information content (AvgIpc) is 2.60. The van der Waals surface area contributed by atoms with Gasteiger partial charge in [0, 0.05) is 0 Å². The van der Waals surface area contributed by atoms with Crippen LogP contribution in [0.3, 0.4) is 0 Å². The third kappa shape index (κ3) is 1.95. The predicted octanol–water partition coefficient (Wildman–Crippen LogP) is 2.77. The van der Waals surface area contributed by atoms with Crippen LogP contribution in [0.5, 0.6) is 0 Å². The van der Waals surface area contributed by atoms with Gasteiger partial charge >= 0.3 is 0 Å². The molecule has 17 heavy (non-hydrogen) atoms. The Hall–Kier alpha value is -1.71. The minimum Gasteiger partial charge on any atom is -0.268 e. The molecule has 0 radical (unpaired) electrons. The van der Waals surface area contributed by atoms with Gasteiger partial charge in [-0.15, -0.1) is 0 Å². The van der Waals surface area contributed by atoms with Gasteiger partial charge < -0.3 is 0 Å². The second kappa shape index (κ2) is 4.65. The predicted molar refractivity (Wildman–Crippen MR) is 61.4 cm³/mol. The van der Waals surface area contributed by atoms with E-state index in [1.54, 1.807) is 24.3 Å². The van der Waals surface area contributed by atoms with Crippen molar-refractivity contribution in [2.75, 3.05) is 0 Å². The minimum absolute atomic E-state index is 0.210. The molecule has 1 aliphatic rings. The van der Waals surface area contributed by atoms with E-state index in [1.165, 1.54) is 0 Å². The summed E-state index contributed by atoms with van der Waals surface area (Å²) in [6, 6.07) is 6.46. The van der Waals surface area contributed by atoms with Gasteiger partial charge in [-0.2, -0.15) is 0 Å². The van der Waals surface area contributed by atoms with E-state index in [0.717, 1.165) is 11.3 Å². The molecular weight excluding hydrogens is 221 g/mol. The van der Waals surface area contributed by atoms with Crippen LogP contribution in [-0.2, 0) is 0 Å². The quantitative estimate of drug-likeness (QED) is 0.594. The van der Waals surface area contributed by atoms with Crippen LogP contribution in [0.1, 0.15) is 46.9 Å². The fourth-order valence-electron chi connectivity index (χ4n) is 1.96. The van der Waals surface area contributed by atoms with Gasteiger partial charge in [0.15, 0.2) is 6.30 Å². The number of fused-ring (bicyclic) bond motifs is 1. The topological polar surface area (TPSA) is 37.4 Å². The number of hydrogen-bond donors (Lipinski definition) is 0. The van der Waals surface area contributed by atoms with Crippen LogP contribution in [0.2, 0.25) is 0 Å². The van der Waals surface area contributed by atoms with Crippen LogP contribution in [0.15, 0.2) is 24.3 Å². The van der Waals surface area contributed by atoms with Crippen molar-refractivity contribution in [1.82, 2.24) is 4.90 Å². The Kier molecular flexibility index (Phi) is 3.22. The van der Waals surface area contributed by atoms with Crippen LogP contribution < -0.4 is 0 Å². The summed E-state index contributed by atoms with van der Waals surface area (Å²) in [6.45, 7) is 1.94. The summed E-state index contributed by atoms with van der Waals surface area (Å²) in [5, 5.41) is 0. The maximum atomic E-state index is 13.8. The molecule has 1 atom stereocenters. The molecule has 0 bridgehead atoms. The Balaban J connectivity index is 2.24. The van der Waals surface area contributed by atoms with E-state index in [-0.39, 0.29) is 6.42 Å². The molecule has 0 saturated carbocycles. The number of carbonyl (C=O) groups is 2. The lowest BCUT2D eigenvalue weighted by Crippen LogP contribution is -2.37. The largest absolute Gasteiger partial charge is 0.268 e. The van der Waals surface area contributed by atoms with Crippen molar-refractivity contribution in [2.24, 2.45) is 0 Å². The zero-order valence-corrected chi connectivity index (χ0v) is 9.65. The van der Waals surface area contributed by atoms with E-state index < -0.39 is 18.1 Å². The Morgan fingerprint density at radius 3 is 2.18 bits per heavy atom. The van der Waals surface area contributed by atoms with Gasteiger partial charge in [-0.05, 0) is 25.0 Å². The number of amides is 2. The van der Waals surface area contributed by atoms with Crippen LogP contribution >= 0.6 is 0 Å². The van der Waals surface area contributed by atoms with Crippen molar-refractivity contribution in [3.63, 3.8) is 0 Å². The lowest BCUT2D eigenvalue weighted by Gasteiger charge is -2.18. The number of benzene rings is 1. The van der Waals surface area contributed by atoms with E-state index in [4.69, 9.17) is 0 Å². The molecule has 1 aliphatic heterocycles. The van der Waals surface area contributed by atoms with Gasteiger partial charge in [-0.1, -0.05) is 25.5 Å². The summed E-state index contributed by atoms with van der Waals surface area (Å²) in [6.07, 6.45) is 0.197. The Labute approximate surface area is 99.2 Å². The number of hydrogen-bond acceptors (Lipinski definition) is 2. The number of alkyl halides is 1. The summed E-state index contributed by atoms with van der Waals surface area (Å²) in [4.78, 5) is 24.5. The number of nitrogens with zero attached hydrogens (tertiary/aromatic N) is 1. The highest BCUT2D eigenvalue weighted by Crippen LogP contribution is 2.26. The molecule has 0 aliphatic carbocycles. The van der Waals surface area contributed by atoms with E-state index in [0.29, 0.717) is 17.5 Å². The Bertz CT molecular complexity index is 423. The summed E-state index contributed by atoms with van der Waals surface area (Å²) < 4.78 is 13.8. The lowest BCUT2D eigenvalue weighted by atomic mass is 10.1. The number of halogens is 1. The molecule has 2 rings (SSSR count). The fraction of sp³-hybridized carbons (Fsp3) is 0.385. The first-order valence-corrected chi connectivity index (χ1v) is 5.77. The molecule has 0 N–H and O–H groups in total. The molecule has 0 saturated heterocycles. The third-order valence-corrected chi connectivity index (χ3v) is 2.90. The standard InChI is InChI=1S/C13H14FNO2/c1-2-3-8-11(14)15-12(16)9-6-4-5-7-10(9)13(15)17/h4-7,11H,2-3,8H2,1H3. The van der Waals surface area contributed by atoms with E-state index in [2.05, 4.69) is 0 Å². The normalized spacial score (nSPS) is 16.2. The minimum atomic E-state index is -1.51. The monoisotopic (exact) mass is 235 g/mol. The summed E-state index contributed by atoms with van der Waals surface area (Å²) in [5.74, 6) is -1.04. The van der Waals surface area contributed by atoms with Gasteiger partial charge in [0.1, 0.15) is 0 Å². The van der Waals surface area contributed by atoms with Crippen molar-refractivity contribution in [2.45, 2.75) is 32.5 Å². The highest BCUT2D eigenvalue weighted by atomic mass is 19.1. The van der Waals surface area contributed by atoms with Gasteiger partial charge in [0.25, 0.3) is 11.8 Å². The average molecular weight is 235 g/mol. The molecule has 2 amide bonds. The van der Waals surface area contributed by atoms with Crippen LogP contribution in [0.25, 0.3) is 0 Å². The highest BCUT2D eigenvalue weighted by Gasteiger charge is 2.39. The van der Waals surface area contributed by atoms with Gasteiger partial charge in [-0.25, -0.2) is 9.29 Å². The second-order valence-corrected chi connectivity index (χ2v) is 4.10. The Morgan fingerprint density at radius 1 is 1.18 bits per heavy atom. The molecule has 4 heteroatoms. The van der Waals surface area contributed by atoms with Crippen LogP contribution in [-0.4, -0.2) is 23.0 Å². The molecule has 1 heterocycles. The molecule has 0 aromatic heterocycles. The molecule has 0 fully saturated rings. The third-order valence-electron chi connectivity index (χ3n) is 2.90. The van der Waals surface area contributed by atoms with E-state index >= 15 is 0 Å². The number of unbranched alkanes of at least 4 members (excludes halogenated alkanes) is 1. The molecular formula is C13H14FNO2. The summed E-state index contributed by atoms with van der Waals surface area (Å²) >= 11 is 0. The number of carbonyl (C=O) groups excluding carboxylic acids is 2. The zero-order chi connectivity index (χ0) is 12.4. The zero-order valence-electron chi connectivity index (χ0n) is 9.65. The fourth-order valence-corrected chi connectivity index (χ4v) is 1.96. The molecule has 1 aromatic rings. The SMILES string of the molecule is CCCCC(F)N1C(=O)c2ccccc2C1=O. The van der Waals surface area contributed by atoms with Crippen molar-refractivity contribution >= 4 is 11.8 Å². The van der Waals surface area contributed by atoms with Crippen molar-refractivity contribution in [3.05, 3.63) is 35.4 Å². The molecule has 90 valence electrons. The first kappa shape index (κ1) is 11.8. The van der Waals surface area contributed by atoms with Gasteiger partial charge in [0.2, 0.25) is 0 Å². The number of imide groups is 1. The van der Waals surface area contributed by atoms with Gasteiger partial charge in [0.05, 0.1) is 11.1 Å². The lowest BCUT2D eigenvalue weighted by molar-refractivity contribution is 0.0396. The van der Waals surface area contributed by atoms with E-state index in [1.807, 2.05) is 6.92 Å². The van der Waals surface area contributed by atoms with Crippen molar-refractivity contribution < 1.29 is 14.0 Å². The second-order valence-electron chi connectivity index (χ2n) is 4.10. The van der Waals surface area contributed by atoms with E-state index in [9.17, 15) is 14.0 Å². The van der Waals surface area contributed by atoms with Crippen molar-refractivity contribution in [3.8, 4) is 0 Å². The summed E-state index contributed by atoms with van der Waals surface area (Å²) in [5.41, 5.74) is 0.605. The molecule has 3 nitrogen and oxygen atoms in total. The highest BCUT2D eigenvalue weighted by molar-refractivity contribution is 6.21. The van der Waals surface area contributed by atoms with Crippen LogP contribution in [0.4, 0.5) is 4.39 Å². The molecule has 1 unspecified atom stereocenters. The maximum Gasteiger partial charge on any atom is 0.263 e. The number of rotatable bonds is 4. The summed E-state index contributed by atoms with van der Waals surface area (Å²) in [7, 11) is 0. The first-order chi connectivity index (χ1) is 8.16. The van der Waals surface area contributed by atoms with Gasteiger partial charge in [-0.3, -0.25) is 9.59 Å². The molecule has 1 aromatic carbocycles. The van der Waals surface area contributed by atoms with Crippen LogP contribution in [0, 0.1) is 0 Å². The first-order valence-electron chi connectivity index (χ1n) is 5.77. The maximum absolute atomic E-state index is 13.8.